The maximum Gasteiger partial charge on any atom is 0.258 e. The van der Waals surface area contributed by atoms with Crippen molar-refractivity contribution in [1.82, 2.24) is 5.32 Å². The maximum atomic E-state index is 11.7. The highest BCUT2D eigenvalue weighted by atomic mass is 79.9. The monoisotopic (exact) mass is 377 g/mol. The number of amides is 1. The molecule has 1 N–H and O–H groups in total. The summed E-state index contributed by atoms with van der Waals surface area (Å²) < 4.78 is 12.0. The largest absolute Gasteiger partial charge is 0.492 e. The van der Waals surface area contributed by atoms with Gasteiger partial charge < -0.3 is 14.8 Å². The van der Waals surface area contributed by atoms with Crippen LogP contribution in [0.3, 0.4) is 0 Å². The van der Waals surface area contributed by atoms with Gasteiger partial charge in [0.2, 0.25) is 0 Å². The smallest absolute Gasteiger partial charge is 0.258 e. The summed E-state index contributed by atoms with van der Waals surface area (Å²) in [6, 6.07) is 13.3. The van der Waals surface area contributed by atoms with E-state index < -0.39 is 0 Å². The molecule has 0 atom stereocenters. The molecular weight excluding hydrogens is 358 g/mol. The summed E-state index contributed by atoms with van der Waals surface area (Å²) in [5.74, 6) is 1.31. The molecule has 2 rings (SSSR count). The zero-order valence-corrected chi connectivity index (χ0v) is 14.9. The minimum atomic E-state index is -0.170. The second kappa shape index (κ2) is 8.58. The van der Waals surface area contributed by atoms with Crippen molar-refractivity contribution in [2.75, 3.05) is 19.8 Å². The van der Waals surface area contributed by atoms with Crippen LogP contribution < -0.4 is 14.8 Å². The lowest BCUT2D eigenvalue weighted by Crippen LogP contribution is -2.32. The van der Waals surface area contributed by atoms with E-state index >= 15 is 0 Å². The molecule has 2 aromatic carbocycles. The standard InChI is InChI=1S/C18H20BrNO3/c1-13-3-6-17(11-14(13)2)22-10-9-20-18(21)12-23-16-7-4-15(19)5-8-16/h3-8,11H,9-10,12H2,1-2H3,(H,20,21). The van der Waals surface area contributed by atoms with Crippen molar-refractivity contribution in [1.29, 1.82) is 0 Å². The Kier molecular flexibility index (Phi) is 6.47. The van der Waals surface area contributed by atoms with Crippen LogP contribution in [0.1, 0.15) is 11.1 Å². The predicted molar refractivity (Wildman–Crippen MR) is 94.1 cm³/mol. The molecule has 0 saturated carbocycles. The number of hydrogen-bond acceptors (Lipinski definition) is 3. The Morgan fingerprint density at radius 1 is 1.00 bits per heavy atom. The molecule has 0 radical (unpaired) electrons. The third-order valence-corrected chi connectivity index (χ3v) is 3.88. The lowest BCUT2D eigenvalue weighted by atomic mass is 10.1. The van der Waals surface area contributed by atoms with Gasteiger partial charge in [-0.15, -0.1) is 0 Å². The number of hydrogen-bond donors (Lipinski definition) is 1. The van der Waals surface area contributed by atoms with Gasteiger partial charge in [-0.3, -0.25) is 4.79 Å². The van der Waals surface area contributed by atoms with Gasteiger partial charge in [-0.25, -0.2) is 0 Å². The molecule has 0 saturated heterocycles. The molecule has 122 valence electrons. The highest BCUT2D eigenvalue weighted by Crippen LogP contribution is 2.16. The molecule has 2 aromatic rings. The zero-order chi connectivity index (χ0) is 16.7. The fourth-order valence-corrected chi connectivity index (χ4v) is 2.16. The van der Waals surface area contributed by atoms with Crippen LogP contribution in [-0.2, 0) is 4.79 Å². The summed E-state index contributed by atoms with van der Waals surface area (Å²) in [6.07, 6.45) is 0. The van der Waals surface area contributed by atoms with Crippen molar-refractivity contribution in [3.63, 3.8) is 0 Å². The summed E-state index contributed by atoms with van der Waals surface area (Å²) in [4.78, 5) is 11.7. The van der Waals surface area contributed by atoms with Crippen LogP contribution in [0.5, 0.6) is 11.5 Å². The van der Waals surface area contributed by atoms with E-state index in [2.05, 4.69) is 28.2 Å². The molecule has 0 spiro atoms. The Morgan fingerprint density at radius 3 is 2.39 bits per heavy atom. The van der Waals surface area contributed by atoms with E-state index in [-0.39, 0.29) is 12.5 Å². The summed E-state index contributed by atoms with van der Waals surface area (Å²) in [7, 11) is 0. The Hall–Kier alpha value is -2.01. The van der Waals surface area contributed by atoms with Gasteiger partial charge in [-0.2, -0.15) is 0 Å². The summed E-state index contributed by atoms with van der Waals surface area (Å²) in [5.41, 5.74) is 2.42. The Bertz CT molecular complexity index is 656. The Labute approximate surface area is 144 Å². The number of ether oxygens (including phenoxy) is 2. The third kappa shape index (κ3) is 5.94. The molecule has 23 heavy (non-hydrogen) atoms. The molecule has 5 heteroatoms. The number of rotatable bonds is 7. The normalized spacial score (nSPS) is 10.2. The van der Waals surface area contributed by atoms with Crippen LogP contribution >= 0.6 is 15.9 Å². The summed E-state index contributed by atoms with van der Waals surface area (Å²) in [6.45, 7) is 4.96. The predicted octanol–water partition coefficient (Wildman–Crippen LogP) is 3.64. The van der Waals surface area contributed by atoms with Crippen LogP contribution in [-0.4, -0.2) is 25.7 Å². The SMILES string of the molecule is Cc1ccc(OCCNC(=O)COc2ccc(Br)cc2)cc1C. The second-order valence-corrected chi connectivity index (χ2v) is 6.10. The van der Waals surface area contributed by atoms with Gasteiger partial charge >= 0.3 is 0 Å². The van der Waals surface area contributed by atoms with Gasteiger partial charge in [0.05, 0.1) is 6.54 Å². The average molecular weight is 378 g/mol. The van der Waals surface area contributed by atoms with Gasteiger partial charge in [0, 0.05) is 4.47 Å². The van der Waals surface area contributed by atoms with Crippen molar-refractivity contribution in [3.8, 4) is 11.5 Å². The van der Waals surface area contributed by atoms with E-state index in [1.54, 1.807) is 12.1 Å². The Morgan fingerprint density at radius 2 is 1.70 bits per heavy atom. The lowest BCUT2D eigenvalue weighted by Gasteiger charge is -2.10. The van der Waals surface area contributed by atoms with E-state index in [4.69, 9.17) is 9.47 Å². The second-order valence-electron chi connectivity index (χ2n) is 5.19. The van der Waals surface area contributed by atoms with Crippen molar-refractivity contribution < 1.29 is 14.3 Å². The Balaban J connectivity index is 1.64. The van der Waals surface area contributed by atoms with E-state index in [1.165, 1.54) is 11.1 Å². The first-order chi connectivity index (χ1) is 11.0. The van der Waals surface area contributed by atoms with Crippen LogP contribution in [0.25, 0.3) is 0 Å². The quantitative estimate of drug-likeness (QED) is 0.749. The minimum absolute atomic E-state index is 0.00866. The first-order valence-electron chi connectivity index (χ1n) is 7.40. The number of nitrogens with one attached hydrogen (secondary N) is 1. The number of benzene rings is 2. The van der Waals surface area contributed by atoms with E-state index in [9.17, 15) is 4.79 Å². The van der Waals surface area contributed by atoms with Gasteiger partial charge in [0.25, 0.3) is 5.91 Å². The lowest BCUT2D eigenvalue weighted by molar-refractivity contribution is -0.123. The number of halogens is 1. The number of carbonyl (C=O) groups is 1. The summed E-state index contributed by atoms with van der Waals surface area (Å²) in [5, 5.41) is 2.76. The van der Waals surface area contributed by atoms with Crippen molar-refractivity contribution in [3.05, 3.63) is 58.1 Å². The first-order valence-corrected chi connectivity index (χ1v) is 8.19. The molecule has 1 amide bonds. The van der Waals surface area contributed by atoms with Gasteiger partial charge in [0.15, 0.2) is 6.61 Å². The molecule has 0 aliphatic rings. The highest BCUT2D eigenvalue weighted by Gasteiger charge is 2.03. The molecular formula is C18H20BrNO3. The van der Waals surface area contributed by atoms with E-state index in [0.717, 1.165) is 10.2 Å². The molecule has 0 aliphatic heterocycles. The van der Waals surface area contributed by atoms with Crippen LogP contribution in [0, 0.1) is 13.8 Å². The topological polar surface area (TPSA) is 47.6 Å². The van der Waals surface area contributed by atoms with Gasteiger partial charge in [-0.1, -0.05) is 22.0 Å². The maximum absolute atomic E-state index is 11.7. The van der Waals surface area contributed by atoms with Crippen LogP contribution in [0.2, 0.25) is 0 Å². The van der Waals surface area contributed by atoms with Crippen molar-refractivity contribution >= 4 is 21.8 Å². The minimum Gasteiger partial charge on any atom is -0.492 e. The fraction of sp³-hybridized carbons (Fsp3) is 0.278. The molecule has 0 aliphatic carbocycles. The van der Waals surface area contributed by atoms with E-state index in [1.807, 2.05) is 37.3 Å². The molecule has 0 unspecified atom stereocenters. The average Bonchev–Trinajstić information content (AvgIpc) is 2.54. The number of carbonyl (C=O) groups excluding carboxylic acids is 1. The molecule has 4 nitrogen and oxygen atoms in total. The zero-order valence-electron chi connectivity index (χ0n) is 13.3. The van der Waals surface area contributed by atoms with Crippen LogP contribution in [0.4, 0.5) is 0 Å². The number of aryl methyl sites for hydroxylation is 2. The fourth-order valence-electron chi connectivity index (χ4n) is 1.89. The van der Waals surface area contributed by atoms with Crippen molar-refractivity contribution in [2.24, 2.45) is 0 Å². The third-order valence-electron chi connectivity index (χ3n) is 3.35. The first kappa shape index (κ1) is 17.3. The van der Waals surface area contributed by atoms with Crippen molar-refractivity contribution in [2.45, 2.75) is 13.8 Å². The molecule has 0 fully saturated rings. The molecule has 0 bridgehead atoms. The highest BCUT2D eigenvalue weighted by molar-refractivity contribution is 9.10. The van der Waals surface area contributed by atoms with E-state index in [0.29, 0.717) is 18.9 Å². The molecule has 0 aromatic heterocycles. The van der Waals surface area contributed by atoms with Gasteiger partial charge in [-0.05, 0) is 61.4 Å². The summed E-state index contributed by atoms with van der Waals surface area (Å²) >= 11 is 3.35. The van der Waals surface area contributed by atoms with Crippen LogP contribution in [0.15, 0.2) is 46.9 Å². The van der Waals surface area contributed by atoms with Gasteiger partial charge in [0.1, 0.15) is 18.1 Å². The molecule has 0 heterocycles.